The zero-order valence-electron chi connectivity index (χ0n) is 10.7. The minimum Gasteiger partial charge on any atom is -0.462 e. The van der Waals surface area contributed by atoms with Crippen molar-refractivity contribution in [1.82, 2.24) is 4.57 Å². The van der Waals surface area contributed by atoms with Gasteiger partial charge in [-0.05, 0) is 13.8 Å². The van der Waals surface area contributed by atoms with Crippen molar-refractivity contribution in [2.24, 2.45) is 0 Å². The summed E-state index contributed by atoms with van der Waals surface area (Å²) >= 11 is 0. The van der Waals surface area contributed by atoms with E-state index in [1.54, 1.807) is 0 Å². The van der Waals surface area contributed by atoms with Gasteiger partial charge >= 0.3 is 51.4 Å². The maximum absolute atomic E-state index is 11.0. The number of nitrogens with one attached hydrogen (secondary N) is 1. The van der Waals surface area contributed by atoms with Crippen LogP contribution in [0, 0.1) is 6.20 Å². The molecule has 2 rings (SSSR count). The van der Waals surface area contributed by atoms with Gasteiger partial charge in [0.2, 0.25) is 5.91 Å². The van der Waals surface area contributed by atoms with Crippen LogP contribution < -0.4 is 56.7 Å². The number of hydrogen-bond acceptors (Lipinski definition) is 1. The van der Waals surface area contributed by atoms with Gasteiger partial charge in [0.1, 0.15) is 0 Å². The molecule has 1 amide bonds. The SMILES string of the molecule is CC(=O)Nc1ccc2c[c-]n(C(C)C)c2c1.[K+]. The van der Waals surface area contributed by atoms with Gasteiger partial charge in [0.15, 0.2) is 0 Å². The quantitative estimate of drug-likeness (QED) is 0.593. The molecule has 3 nitrogen and oxygen atoms in total. The fraction of sp³-hybridized carbons (Fsp3) is 0.308. The number of carbonyl (C=O) groups excluding carboxylic acids is 1. The molecule has 0 aliphatic carbocycles. The molecule has 84 valence electrons. The number of amides is 1. The Morgan fingerprint density at radius 3 is 2.71 bits per heavy atom. The molecule has 1 aromatic heterocycles. The van der Waals surface area contributed by atoms with Gasteiger partial charge < -0.3 is 9.88 Å². The van der Waals surface area contributed by atoms with E-state index in [9.17, 15) is 4.79 Å². The van der Waals surface area contributed by atoms with Crippen molar-refractivity contribution in [2.75, 3.05) is 5.32 Å². The molecule has 1 N–H and O–H groups in total. The van der Waals surface area contributed by atoms with Gasteiger partial charge in [-0.2, -0.15) is 11.5 Å². The van der Waals surface area contributed by atoms with Crippen molar-refractivity contribution in [2.45, 2.75) is 26.8 Å². The molecule has 0 bridgehead atoms. The Balaban J connectivity index is 0.00000144. The topological polar surface area (TPSA) is 34.0 Å². The van der Waals surface area contributed by atoms with E-state index in [0.717, 1.165) is 16.6 Å². The van der Waals surface area contributed by atoms with Crippen LogP contribution in [0.25, 0.3) is 10.9 Å². The molecule has 17 heavy (non-hydrogen) atoms. The molecule has 0 aliphatic rings. The summed E-state index contributed by atoms with van der Waals surface area (Å²) < 4.78 is 2.07. The molecule has 0 saturated carbocycles. The zero-order chi connectivity index (χ0) is 11.7. The summed E-state index contributed by atoms with van der Waals surface area (Å²) in [6.07, 6.45) is 3.20. The Morgan fingerprint density at radius 2 is 2.12 bits per heavy atom. The van der Waals surface area contributed by atoms with Crippen LogP contribution in [0.15, 0.2) is 24.3 Å². The van der Waals surface area contributed by atoms with Crippen LogP contribution >= 0.6 is 0 Å². The van der Waals surface area contributed by atoms with Gasteiger partial charge in [-0.25, -0.2) is 0 Å². The minimum absolute atomic E-state index is 0. The molecule has 0 spiro atoms. The number of fused-ring (bicyclic) bond motifs is 1. The Morgan fingerprint density at radius 1 is 1.41 bits per heavy atom. The first-order chi connectivity index (χ1) is 7.58. The number of benzene rings is 1. The smallest absolute Gasteiger partial charge is 0.462 e. The van der Waals surface area contributed by atoms with E-state index >= 15 is 0 Å². The first kappa shape index (κ1) is 14.9. The number of rotatable bonds is 2. The van der Waals surface area contributed by atoms with Crippen LogP contribution in [0.1, 0.15) is 26.8 Å². The second-order valence-corrected chi connectivity index (χ2v) is 4.19. The third kappa shape index (κ3) is 3.42. The van der Waals surface area contributed by atoms with Crippen LogP contribution in [-0.4, -0.2) is 10.5 Å². The monoisotopic (exact) mass is 254 g/mol. The molecule has 4 heteroatoms. The van der Waals surface area contributed by atoms with Gasteiger partial charge in [-0.15, -0.1) is 17.8 Å². The maximum atomic E-state index is 11.0. The van der Waals surface area contributed by atoms with Crippen LogP contribution in [0.4, 0.5) is 5.69 Å². The van der Waals surface area contributed by atoms with Crippen molar-refractivity contribution in [3.63, 3.8) is 0 Å². The molecule has 0 atom stereocenters. The number of aromatic nitrogens is 1. The predicted octanol–water partition coefficient (Wildman–Crippen LogP) is -0.0152. The fourth-order valence-electron chi connectivity index (χ4n) is 1.79. The molecule has 0 unspecified atom stereocenters. The Labute approximate surface area is 144 Å². The standard InChI is InChI=1S/C13H15N2O.K/c1-9(2)15-7-6-11-4-5-12(8-13(11)15)14-10(3)16;/h4-6,8-9H,1-3H3,(H,14,16);/q-1;+1. The van der Waals surface area contributed by atoms with Crippen molar-refractivity contribution in [1.29, 1.82) is 0 Å². The molecule has 0 radical (unpaired) electrons. The first-order valence-corrected chi connectivity index (χ1v) is 5.38. The number of carbonyl (C=O) groups is 1. The summed E-state index contributed by atoms with van der Waals surface area (Å²) in [5.41, 5.74) is 1.93. The number of anilines is 1. The third-order valence-corrected chi connectivity index (χ3v) is 2.49. The average Bonchev–Trinajstić information content (AvgIpc) is 2.59. The van der Waals surface area contributed by atoms with E-state index in [1.807, 2.05) is 24.3 Å². The largest absolute Gasteiger partial charge is 1.00 e. The molecular weight excluding hydrogens is 239 g/mol. The van der Waals surface area contributed by atoms with Gasteiger partial charge in [-0.3, -0.25) is 4.79 Å². The van der Waals surface area contributed by atoms with Gasteiger partial charge in [-0.1, -0.05) is 12.1 Å². The summed E-state index contributed by atoms with van der Waals surface area (Å²) in [6, 6.07) is 8.21. The summed E-state index contributed by atoms with van der Waals surface area (Å²) in [6.45, 7) is 5.74. The fourth-order valence-corrected chi connectivity index (χ4v) is 1.79. The van der Waals surface area contributed by atoms with Crippen molar-refractivity contribution in [3.05, 3.63) is 30.5 Å². The molecule has 2 aromatic rings. The van der Waals surface area contributed by atoms with Gasteiger partial charge in [0, 0.05) is 18.7 Å². The Kier molecular flexibility index (Phi) is 5.41. The summed E-state index contributed by atoms with van der Waals surface area (Å²) in [7, 11) is 0. The number of hydrogen-bond donors (Lipinski definition) is 1. The van der Waals surface area contributed by atoms with Gasteiger partial charge in [0.05, 0.1) is 0 Å². The molecule has 0 aliphatic heterocycles. The van der Waals surface area contributed by atoms with E-state index in [2.05, 4.69) is 29.9 Å². The minimum atomic E-state index is -0.0500. The molecule has 0 fully saturated rings. The van der Waals surface area contributed by atoms with Crippen LogP contribution in [0.2, 0.25) is 0 Å². The molecular formula is C13H15KN2O. The van der Waals surface area contributed by atoms with Crippen molar-refractivity contribution < 1.29 is 56.2 Å². The van der Waals surface area contributed by atoms with E-state index in [1.165, 1.54) is 6.92 Å². The summed E-state index contributed by atoms with van der Waals surface area (Å²) in [5, 5.41) is 3.93. The second-order valence-electron chi connectivity index (χ2n) is 4.19. The first-order valence-electron chi connectivity index (χ1n) is 5.38. The van der Waals surface area contributed by atoms with Crippen LogP contribution in [-0.2, 0) is 4.79 Å². The van der Waals surface area contributed by atoms with E-state index < -0.39 is 0 Å². The van der Waals surface area contributed by atoms with Crippen molar-refractivity contribution in [3.8, 4) is 0 Å². The Hall–Kier alpha value is -0.134. The normalized spacial score (nSPS) is 10.4. The third-order valence-electron chi connectivity index (χ3n) is 2.49. The molecule has 1 heterocycles. The second kappa shape index (κ2) is 6.16. The Bertz CT molecular complexity index is 531. The van der Waals surface area contributed by atoms with E-state index in [4.69, 9.17) is 0 Å². The number of nitrogens with zero attached hydrogens (tertiary/aromatic N) is 1. The summed E-state index contributed by atoms with van der Waals surface area (Å²) in [5.74, 6) is -0.0500. The molecule has 0 saturated heterocycles. The van der Waals surface area contributed by atoms with Crippen LogP contribution in [0.3, 0.4) is 0 Å². The zero-order valence-corrected chi connectivity index (χ0v) is 13.9. The van der Waals surface area contributed by atoms with E-state index in [0.29, 0.717) is 6.04 Å². The van der Waals surface area contributed by atoms with Gasteiger partial charge in [0.25, 0.3) is 0 Å². The van der Waals surface area contributed by atoms with E-state index in [-0.39, 0.29) is 57.3 Å². The molecule has 1 aromatic carbocycles. The van der Waals surface area contributed by atoms with Crippen LogP contribution in [0.5, 0.6) is 0 Å². The average molecular weight is 254 g/mol. The van der Waals surface area contributed by atoms with Crippen molar-refractivity contribution >= 4 is 22.5 Å². The maximum Gasteiger partial charge on any atom is 1.00 e. The summed E-state index contributed by atoms with van der Waals surface area (Å²) in [4.78, 5) is 11.0. The predicted molar refractivity (Wildman–Crippen MR) is 65.5 cm³/mol.